The number of aromatic amines is 1. The lowest BCUT2D eigenvalue weighted by molar-refractivity contribution is -0.593. The van der Waals surface area contributed by atoms with Gasteiger partial charge in [-0.15, -0.1) is 10.2 Å². The molecule has 4 heterocycles. The molecule has 6 aromatic rings. The summed E-state index contributed by atoms with van der Waals surface area (Å²) >= 11 is 0. The van der Waals surface area contributed by atoms with E-state index in [-0.39, 0.29) is 0 Å². The molecule has 0 saturated carbocycles. The molecule has 4 aromatic heterocycles. The van der Waals surface area contributed by atoms with Crippen molar-refractivity contribution in [2.24, 2.45) is 0 Å². The minimum atomic E-state index is 0.570. The Hall–Kier alpha value is -4.92. The molecule has 0 unspecified atom stereocenters. The predicted octanol–water partition coefficient (Wildman–Crippen LogP) is 5.53. The van der Waals surface area contributed by atoms with Gasteiger partial charge in [0.2, 0.25) is 11.5 Å². The van der Waals surface area contributed by atoms with Crippen molar-refractivity contribution in [3.05, 3.63) is 101 Å². The zero-order valence-electron chi connectivity index (χ0n) is 22.6. The zero-order chi connectivity index (χ0) is 27.5. The third kappa shape index (κ3) is 4.82. The van der Waals surface area contributed by atoms with Crippen LogP contribution < -0.4 is 4.73 Å². The lowest BCUT2D eigenvalue weighted by atomic mass is 9.98. The van der Waals surface area contributed by atoms with E-state index in [2.05, 4.69) is 69.4 Å². The van der Waals surface area contributed by atoms with Gasteiger partial charge in [0, 0.05) is 24.1 Å². The van der Waals surface area contributed by atoms with E-state index >= 15 is 0 Å². The molecule has 6 rings (SSSR count). The molecular weight excluding hydrogens is 500 g/mol. The number of hydrogen-bond donors (Lipinski definition) is 1. The number of H-pyrrole nitrogens is 1. The molecular formula is C31H30N8O. The normalized spacial score (nSPS) is 11.3. The van der Waals surface area contributed by atoms with E-state index in [1.54, 1.807) is 6.07 Å². The molecule has 200 valence electrons. The fraction of sp³-hybridized carbons (Fsp3) is 0.226. The standard InChI is InChI=1S/C31H30N8O/c1-3-5-13-29-32-27-19-25(28-12-8-9-18-39(28)40)26(4-2)33-31(27)38(29)20-21-14-16-22(17-15-21)23-10-6-7-11-24(23)30-34-36-37-35-30/h6-12,14-19H,3-5,13,20H2,1-2H3,(H,34,35,36,37). The predicted molar refractivity (Wildman–Crippen MR) is 154 cm³/mol. The Balaban J connectivity index is 1.38. The first kappa shape index (κ1) is 25.4. The SMILES string of the molecule is CCCCc1nc2cc(-c3cccc[n+]3[O-])c(CC)nc2n1Cc1ccc(-c2ccccc2-c2nn[nH]n2)cc1. The van der Waals surface area contributed by atoms with Crippen molar-refractivity contribution < 1.29 is 4.73 Å². The molecule has 9 heteroatoms. The summed E-state index contributed by atoms with van der Waals surface area (Å²) in [6, 6.07) is 24.1. The van der Waals surface area contributed by atoms with Crippen molar-refractivity contribution in [1.82, 2.24) is 35.2 Å². The van der Waals surface area contributed by atoms with Crippen LogP contribution in [0.15, 0.2) is 79.0 Å². The third-order valence-corrected chi connectivity index (χ3v) is 7.19. The van der Waals surface area contributed by atoms with Gasteiger partial charge in [0.15, 0.2) is 11.8 Å². The van der Waals surface area contributed by atoms with E-state index in [9.17, 15) is 5.21 Å². The van der Waals surface area contributed by atoms with Crippen LogP contribution in [-0.4, -0.2) is 35.2 Å². The first-order chi connectivity index (χ1) is 19.7. The van der Waals surface area contributed by atoms with Crippen molar-refractivity contribution in [2.75, 3.05) is 0 Å². The molecule has 9 nitrogen and oxygen atoms in total. The molecule has 0 bridgehead atoms. The summed E-state index contributed by atoms with van der Waals surface area (Å²) in [5, 5.41) is 27.1. The van der Waals surface area contributed by atoms with Gasteiger partial charge in [-0.3, -0.25) is 0 Å². The third-order valence-electron chi connectivity index (χ3n) is 7.19. The summed E-state index contributed by atoms with van der Waals surface area (Å²) in [4.78, 5) is 10.1. The largest absolute Gasteiger partial charge is 0.618 e. The van der Waals surface area contributed by atoms with Gasteiger partial charge in [0.1, 0.15) is 11.3 Å². The molecule has 0 radical (unpaired) electrons. The van der Waals surface area contributed by atoms with Gasteiger partial charge in [0.05, 0.1) is 17.8 Å². The molecule has 0 atom stereocenters. The van der Waals surface area contributed by atoms with E-state index in [0.717, 1.165) is 74.5 Å². The summed E-state index contributed by atoms with van der Waals surface area (Å²) in [6.07, 6.45) is 5.23. The number of pyridine rings is 2. The number of hydrogen-bond acceptors (Lipinski definition) is 6. The smallest absolute Gasteiger partial charge is 0.225 e. The van der Waals surface area contributed by atoms with Crippen molar-refractivity contribution in [1.29, 1.82) is 0 Å². The summed E-state index contributed by atoms with van der Waals surface area (Å²) < 4.78 is 3.13. The van der Waals surface area contributed by atoms with Gasteiger partial charge in [-0.25, -0.2) is 9.97 Å². The van der Waals surface area contributed by atoms with Crippen LogP contribution in [0.1, 0.15) is 43.8 Å². The number of aryl methyl sites for hydroxylation is 2. The average molecular weight is 531 g/mol. The number of imidazole rings is 1. The lowest BCUT2D eigenvalue weighted by Crippen LogP contribution is -2.28. The Labute approximate surface area is 232 Å². The fourth-order valence-corrected chi connectivity index (χ4v) is 5.13. The number of fused-ring (bicyclic) bond motifs is 1. The van der Waals surface area contributed by atoms with Crippen molar-refractivity contribution >= 4 is 11.2 Å². The Kier molecular flexibility index (Phi) is 7.01. The molecule has 0 aliphatic heterocycles. The van der Waals surface area contributed by atoms with Crippen molar-refractivity contribution in [3.63, 3.8) is 0 Å². The summed E-state index contributed by atoms with van der Waals surface area (Å²) in [5.74, 6) is 1.58. The van der Waals surface area contributed by atoms with Crippen LogP contribution in [0.4, 0.5) is 0 Å². The Morgan fingerprint density at radius 2 is 1.70 bits per heavy atom. The Morgan fingerprint density at radius 1 is 0.900 bits per heavy atom. The van der Waals surface area contributed by atoms with Gasteiger partial charge < -0.3 is 9.77 Å². The first-order valence-corrected chi connectivity index (χ1v) is 13.7. The number of nitrogens with zero attached hydrogens (tertiary/aromatic N) is 7. The number of nitrogens with one attached hydrogen (secondary N) is 1. The monoisotopic (exact) mass is 530 g/mol. The summed E-state index contributed by atoms with van der Waals surface area (Å²) in [7, 11) is 0. The van der Waals surface area contributed by atoms with Crippen LogP contribution in [0.25, 0.3) is 44.9 Å². The van der Waals surface area contributed by atoms with Gasteiger partial charge in [-0.2, -0.15) is 9.94 Å². The summed E-state index contributed by atoms with van der Waals surface area (Å²) in [6.45, 7) is 4.91. The molecule has 0 saturated heterocycles. The number of rotatable bonds is 9. The van der Waals surface area contributed by atoms with Gasteiger partial charge in [-0.05, 0) is 46.9 Å². The second-order valence-electron chi connectivity index (χ2n) is 9.79. The van der Waals surface area contributed by atoms with Crippen molar-refractivity contribution in [3.8, 4) is 33.8 Å². The van der Waals surface area contributed by atoms with Crippen LogP contribution in [0.2, 0.25) is 0 Å². The van der Waals surface area contributed by atoms with E-state index in [1.807, 2.05) is 36.4 Å². The number of benzene rings is 2. The van der Waals surface area contributed by atoms with E-state index in [1.165, 1.54) is 6.20 Å². The molecule has 2 aromatic carbocycles. The zero-order valence-corrected chi connectivity index (χ0v) is 22.6. The van der Waals surface area contributed by atoms with Crippen LogP contribution in [0.3, 0.4) is 0 Å². The van der Waals surface area contributed by atoms with Gasteiger partial charge in [0.25, 0.3) is 0 Å². The lowest BCUT2D eigenvalue weighted by Gasteiger charge is -2.12. The molecule has 0 aliphatic rings. The maximum absolute atomic E-state index is 12.5. The fourth-order valence-electron chi connectivity index (χ4n) is 5.13. The highest BCUT2D eigenvalue weighted by Crippen LogP contribution is 2.31. The van der Waals surface area contributed by atoms with Crippen LogP contribution in [-0.2, 0) is 19.4 Å². The van der Waals surface area contributed by atoms with Gasteiger partial charge >= 0.3 is 0 Å². The highest BCUT2D eigenvalue weighted by molar-refractivity contribution is 5.81. The molecule has 0 aliphatic carbocycles. The maximum Gasteiger partial charge on any atom is 0.225 e. The molecule has 1 N–H and O–H groups in total. The van der Waals surface area contributed by atoms with Crippen molar-refractivity contribution in [2.45, 2.75) is 46.1 Å². The van der Waals surface area contributed by atoms with Crippen LogP contribution >= 0.6 is 0 Å². The Bertz CT molecular complexity index is 1760. The van der Waals surface area contributed by atoms with E-state index < -0.39 is 0 Å². The molecule has 0 amide bonds. The Morgan fingerprint density at radius 3 is 2.42 bits per heavy atom. The van der Waals surface area contributed by atoms with Gasteiger partial charge in [-0.1, -0.05) is 68.8 Å². The average Bonchev–Trinajstić information content (AvgIpc) is 3.64. The minimum absolute atomic E-state index is 0.570. The maximum atomic E-state index is 12.5. The number of tetrazole rings is 1. The molecule has 0 spiro atoms. The quantitative estimate of drug-likeness (QED) is 0.194. The van der Waals surface area contributed by atoms with E-state index in [0.29, 0.717) is 24.5 Å². The summed E-state index contributed by atoms with van der Waals surface area (Å²) in [5.41, 5.74) is 8.19. The van der Waals surface area contributed by atoms with E-state index in [4.69, 9.17) is 9.97 Å². The molecule has 40 heavy (non-hydrogen) atoms. The topological polar surface area (TPSA) is 112 Å². The second kappa shape index (κ2) is 11.1. The highest BCUT2D eigenvalue weighted by Gasteiger charge is 2.20. The highest BCUT2D eigenvalue weighted by atomic mass is 16.5. The second-order valence-corrected chi connectivity index (χ2v) is 9.79. The van der Waals surface area contributed by atoms with Crippen LogP contribution in [0.5, 0.6) is 0 Å². The van der Waals surface area contributed by atoms with Crippen LogP contribution in [0, 0.1) is 5.21 Å². The molecule has 0 fully saturated rings. The first-order valence-electron chi connectivity index (χ1n) is 13.7. The number of unbranched alkanes of at least 4 members (excludes halogenated alkanes) is 1. The number of aromatic nitrogens is 8. The minimum Gasteiger partial charge on any atom is -0.618 e.